The Morgan fingerprint density at radius 3 is 2.78 bits per heavy atom. The third kappa shape index (κ3) is 6.21. The normalized spacial score (nSPS) is 18.9. The minimum Gasteiger partial charge on any atom is -0.383 e. The number of nitrogens with two attached hydrogens (primary N) is 1. The summed E-state index contributed by atoms with van der Waals surface area (Å²) in [5.74, 6) is 7.04. The zero-order valence-corrected chi connectivity index (χ0v) is 11.7. The van der Waals surface area contributed by atoms with Crippen LogP contribution in [0.5, 0.6) is 0 Å². The molecular formula is C13H28N4O. The van der Waals surface area contributed by atoms with Crippen molar-refractivity contribution in [2.75, 3.05) is 20.3 Å². The van der Waals surface area contributed by atoms with Gasteiger partial charge in [-0.2, -0.15) is 0 Å². The Hall–Kier alpha value is -0.810. The summed E-state index contributed by atoms with van der Waals surface area (Å²) in [6, 6.07) is 0.208. The van der Waals surface area contributed by atoms with Crippen molar-refractivity contribution in [3.05, 3.63) is 0 Å². The molecule has 5 heteroatoms. The molecule has 1 saturated carbocycles. The Morgan fingerprint density at radius 2 is 2.17 bits per heavy atom. The van der Waals surface area contributed by atoms with Gasteiger partial charge < -0.3 is 10.1 Å². The molecule has 0 bridgehead atoms. The van der Waals surface area contributed by atoms with Crippen molar-refractivity contribution in [3.63, 3.8) is 0 Å². The fraction of sp³-hybridized carbons (Fsp3) is 0.923. The molecule has 0 aromatic carbocycles. The van der Waals surface area contributed by atoms with Crippen molar-refractivity contribution in [2.45, 2.75) is 51.5 Å². The quantitative estimate of drug-likeness (QED) is 0.212. The predicted molar refractivity (Wildman–Crippen MR) is 75.3 cm³/mol. The summed E-state index contributed by atoms with van der Waals surface area (Å²) in [7, 11) is 1.69. The van der Waals surface area contributed by atoms with E-state index in [1.54, 1.807) is 7.11 Å². The maximum absolute atomic E-state index is 5.44. The van der Waals surface area contributed by atoms with Crippen molar-refractivity contribution < 1.29 is 4.74 Å². The molecule has 0 amide bonds. The molecule has 0 aromatic heterocycles. The summed E-state index contributed by atoms with van der Waals surface area (Å²) in [6.07, 6.45) is 8.11. The Labute approximate surface area is 111 Å². The lowest BCUT2D eigenvalue weighted by Gasteiger charge is -2.15. The van der Waals surface area contributed by atoms with Crippen LogP contribution in [-0.2, 0) is 4.74 Å². The van der Waals surface area contributed by atoms with E-state index in [1.165, 1.54) is 32.1 Å². The van der Waals surface area contributed by atoms with Crippen LogP contribution < -0.4 is 16.6 Å². The molecule has 0 spiro atoms. The van der Waals surface area contributed by atoms with Gasteiger partial charge in [-0.3, -0.25) is 10.4 Å². The summed E-state index contributed by atoms with van der Waals surface area (Å²) in [5.41, 5.74) is 2.60. The zero-order valence-electron chi connectivity index (χ0n) is 11.7. The van der Waals surface area contributed by atoms with Crippen LogP contribution in [0.2, 0.25) is 0 Å². The average molecular weight is 256 g/mol. The van der Waals surface area contributed by atoms with E-state index in [0.717, 1.165) is 18.9 Å². The molecule has 1 atom stereocenters. The SMILES string of the molecule is COCC(C)NC(=NCCCC1CCCC1)NN. The van der Waals surface area contributed by atoms with Gasteiger partial charge >= 0.3 is 0 Å². The largest absolute Gasteiger partial charge is 0.383 e. The first-order valence-corrected chi connectivity index (χ1v) is 7.02. The first-order valence-electron chi connectivity index (χ1n) is 7.02. The maximum atomic E-state index is 5.44. The van der Waals surface area contributed by atoms with Crippen LogP contribution in [0.25, 0.3) is 0 Å². The van der Waals surface area contributed by atoms with E-state index in [4.69, 9.17) is 10.6 Å². The van der Waals surface area contributed by atoms with Crippen molar-refractivity contribution >= 4 is 5.96 Å². The Kier molecular flexibility index (Phi) is 7.76. The lowest BCUT2D eigenvalue weighted by Crippen LogP contribution is -2.46. The number of rotatable bonds is 7. The number of nitrogens with zero attached hydrogens (tertiary/aromatic N) is 1. The number of nitrogens with one attached hydrogen (secondary N) is 2. The van der Waals surface area contributed by atoms with E-state index in [1.807, 2.05) is 6.92 Å². The molecule has 0 aromatic rings. The zero-order chi connectivity index (χ0) is 13.2. The van der Waals surface area contributed by atoms with Gasteiger partial charge in [-0.1, -0.05) is 25.7 Å². The Morgan fingerprint density at radius 1 is 1.44 bits per heavy atom. The topological polar surface area (TPSA) is 71.7 Å². The molecule has 1 fully saturated rings. The van der Waals surface area contributed by atoms with Crippen molar-refractivity contribution in [3.8, 4) is 0 Å². The molecule has 18 heavy (non-hydrogen) atoms. The smallest absolute Gasteiger partial charge is 0.206 e. The van der Waals surface area contributed by atoms with Gasteiger partial charge in [0, 0.05) is 19.7 Å². The molecular weight excluding hydrogens is 228 g/mol. The van der Waals surface area contributed by atoms with E-state index in [0.29, 0.717) is 12.6 Å². The van der Waals surface area contributed by atoms with Gasteiger partial charge in [0.2, 0.25) is 5.96 Å². The lowest BCUT2D eigenvalue weighted by atomic mass is 10.0. The summed E-state index contributed by atoms with van der Waals surface area (Å²) < 4.78 is 5.06. The summed E-state index contributed by atoms with van der Waals surface area (Å²) >= 11 is 0. The summed E-state index contributed by atoms with van der Waals surface area (Å²) in [5, 5.41) is 3.18. The Balaban J connectivity index is 2.16. The number of hydrazine groups is 1. The van der Waals surface area contributed by atoms with Crippen LogP contribution in [0.4, 0.5) is 0 Å². The average Bonchev–Trinajstić information content (AvgIpc) is 2.86. The van der Waals surface area contributed by atoms with Gasteiger partial charge in [-0.05, 0) is 25.7 Å². The molecule has 5 nitrogen and oxygen atoms in total. The minimum absolute atomic E-state index is 0.208. The van der Waals surface area contributed by atoms with Crippen LogP contribution in [0.15, 0.2) is 4.99 Å². The third-order valence-electron chi connectivity index (χ3n) is 3.45. The van der Waals surface area contributed by atoms with E-state index < -0.39 is 0 Å². The summed E-state index contributed by atoms with van der Waals surface area (Å²) in [4.78, 5) is 4.44. The number of hydrogen-bond donors (Lipinski definition) is 3. The molecule has 1 unspecified atom stereocenters. The van der Waals surface area contributed by atoms with Crippen LogP contribution in [0.3, 0.4) is 0 Å². The standard InChI is InChI=1S/C13H28N4O/c1-11(10-18-2)16-13(17-14)15-9-5-8-12-6-3-4-7-12/h11-12H,3-10,14H2,1-2H3,(H2,15,16,17). The molecule has 0 aliphatic heterocycles. The van der Waals surface area contributed by atoms with E-state index in [9.17, 15) is 0 Å². The molecule has 1 aliphatic carbocycles. The fourth-order valence-corrected chi connectivity index (χ4v) is 2.53. The maximum Gasteiger partial charge on any atom is 0.206 e. The number of guanidine groups is 1. The number of hydrogen-bond acceptors (Lipinski definition) is 3. The van der Waals surface area contributed by atoms with Crippen LogP contribution in [-0.4, -0.2) is 32.3 Å². The highest BCUT2D eigenvalue weighted by Crippen LogP contribution is 2.28. The monoisotopic (exact) mass is 256 g/mol. The highest BCUT2D eigenvalue weighted by Gasteiger charge is 2.13. The highest BCUT2D eigenvalue weighted by atomic mass is 16.5. The molecule has 0 radical (unpaired) electrons. The third-order valence-corrected chi connectivity index (χ3v) is 3.45. The molecule has 0 heterocycles. The molecule has 4 N–H and O–H groups in total. The lowest BCUT2D eigenvalue weighted by molar-refractivity contribution is 0.179. The molecule has 1 aliphatic rings. The summed E-state index contributed by atoms with van der Waals surface area (Å²) in [6.45, 7) is 3.51. The predicted octanol–water partition coefficient (Wildman–Crippen LogP) is 1.40. The van der Waals surface area contributed by atoms with Crippen molar-refractivity contribution in [2.24, 2.45) is 16.8 Å². The van der Waals surface area contributed by atoms with Crippen molar-refractivity contribution in [1.82, 2.24) is 10.7 Å². The van der Waals surface area contributed by atoms with Crippen LogP contribution in [0, 0.1) is 5.92 Å². The molecule has 0 saturated heterocycles. The second kappa shape index (κ2) is 9.16. The second-order valence-corrected chi connectivity index (χ2v) is 5.17. The van der Waals surface area contributed by atoms with Gasteiger partial charge in [-0.25, -0.2) is 5.84 Å². The molecule has 106 valence electrons. The Bertz CT molecular complexity index is 239. The first-order chi connectivity index (χ1) is 8.76. The van der Waals surface area contributed by atoms with E-state index in [2.05, 4.69) is 15.7 Å². The second-order valence-electron chi connectivity index (χ2n) is 5.17. The van der Waals surface area contributed by atoms with E-state index in [-0.39, 0.29) is 6.04 Å². The number of aliphatic imine (C=N–C) groups is 1. The van der Waals surface area contributed by atoms with Crippen LogP contribution in [0.1, 0.15) is 45.4 Å². The minimum atomic E-state index is 0.208. The number of ether oxygens (including phenoxy) is 1. The van der Waals surface area contributed by atoms with Gasteiger partial charge in [0.15, 0.2) is 0 Å². The van der Waals surface area contributed by atoms with Gasteiger partial charge in [0.1, 0.15) is 0 Å². The van der Waals surface area contributed by atoms with Gasteiger partial charge in [0.25, 0.3) is 0 Å². The van der Waals surface area contributed by atoms with E-state index >= 15 is 0 Å². The van der Waals surface area contributed by atoms with Crippen molar-refractivity contribution in [1.29, 1.82) is 0 Å². The fourth-order valence-electron chi connectivity index (χ4n) is 2.53. The number of methoxy groups -OCH3 is 1. The van der Waals surface area contributed by atoms with Crippen LogP contribution >= 0.6 is 0 Å². The first kappa shape index (κ1) is 15.2. The molecule has 1 rings (SSSR count). The highest BCUT2D eigenvalue weighted by molar-refractivity contribution is 5.79. The van der Waals surface area contributed by atoms with Gasteiger partial charge in [0.05, 0.1) is 6.61 Å². The van der Waals surface area contributed by atoms with Gasteiger partial charge in [-0.15, -0.1) is 0 Å².